The van der Waals surface area contributed by atoms with E-state index in [-0.39, 0.29) is 24.0 Å². The Bertz CT molecular complexity index is 1000. The maximum absolute atomic E-state index is 12.8. The van der Waals surface area contributed by atoms with Crippen molar-refractivity contribution in [2.75, 3.05) is 5.32 Å². The normalized spacial score (nSPS) is 19.0. The van der Waals surface area contributed by atoms with Crippen molar-refractivity contribution < 1.29 is 19.2 Å². The molecule has 10 heteroatoms. The number of thiazole rings is 1. The van der Waals surface area contributed by atoms with E-state index in [0.29, 0.717) is 18.2 Å². The molecule has 144 valence electrons. The number of carbonyl (C=O) groups excluding carboxylic acids is 4. The highest BCUT2D eigenvalue weighted by Crippen LogP contribution is 2.28. The maximum atomic E-state index is 12.8. The molecule has 2 aliphatic rings. The molecule has 2 aromatic rings. The Morgan fingerprint density at radius 1 is 1.21 bits per heavy atom. The number of anilines is 1. The van der Waals surface area contributed by atoms with Gasteiger partial charge in [-0.3, -0.25) is 29.4 Å². The fourth-order valence-corrected chi connectivity index (χ4v) is 4.01. The Balaban J connectivity index is 1.52. The predicted octanol–water partition coefficient (Wildman–Crippen LogP) is 0.615. The van der Waals surface area contributed by atoms with E-state index in [1.807, 2.05) is 5.38 Å². The van der Waals surface area contributed by atoms with Crippen LogP contribution in [0.3, 0.4) is 0 Å². The summed E-state index contributed by atoms with van der Waals surface area (Å²) < 4.78 is 0. The quantitative estimate of drug-likeness (QED) is 0.627. The second-order valence-corrected chi connectivity index (χ2v) is 7.39. The van der Waals surface area contributed by atoms with Gasteiger partial charge in [-0.1, -0.05) is 6.07 Å². The molecule has 1 fully saturated rings. The van der Waals surface area contributed by atoms with E-state index in [1.54, 1.807) is 18.2 Å². The lowest BCUT2D eigenvalue weighted by Gasteiger charge is -2.27. The molecule has 4 N–H and O–H groups in total. The number of benzene rings is 1. The largest absolute Gasteiger partial charge is 0.357 e. The highest BCUT2D eigenvalue weighted by molar-refractivity contribution is 7.13. The standard InChI is InChI=1S/C18H17N5O4S/c19-6-10-8-28-18(21-10)20-7-9-1-2-11-12(5-9)17(27)23(16(11)26)13-3-4-14(24)22-15(13)25/h1-2,5,8,13H,3-4,6-7,19H2,(H,20,21)(H,22,24,25). The molecule has 1 aromatic heterocycles. The topological polar surface area (TPSA) is 134 Å². The number of nitrogens with one attached hydrogen (secondary N) is 2. The van der Waals surface area contributed by atoms with Gasteiger partial charge in [0.2, 0.25) is 11.8 Å². The van der Waals surface area contributed by atoms with E-state index in [9.17, 15) is 19.2 Å². The molecule has 3 heterocycles. The zero-order valence-corrected chi connectivity index (χ0v) is 15.5. The molecule has 1 aromatic carbocycles. The number of nitrogens with zero attached hydrogens (tertiary/aromatic N) is 2. The molecule has 2 aliphatic heterocycles. The van der Waals surface area contributed by atoms with Gasteiger partial charge in [-0.15, -0.1) is 11.3 Å². The number of aromatic nitrogens is 1. The lowest BCUT2D eigenvalue weighted by Crippen LogP contribution is -2.54. The number of fused-ring (bicyclic) bond motifs is 1. The van der Waals surface area contributed by atoms with Crippen molar-refractivity contribution in [2.45, 2.75) is 32.0 Å². The molecule has 0 bridgehead atoms. The van der Waals surface area contributed by atoms with Gasteiger partial charge in [-0.25, -0.2) is 4.98 Å². The molecule has 0 saturated carbocycles. The van der Waals surface area contributed by atoms with Gasteiger partial charge < -0.3 is 11.1 Å². The van der Waals surface area contributed by atoms with E-state index in [4.69, 9.17) is 5.73 Å². The van der Waals surface area contributed by atoms with E-state index in [1.165, 1.54) is 11.3 Å². The van der Waals surface area contributed by atoms with Crippen molar-refractivity contribution in [1.29, 1.82) is 0 Å². The predicted molar refractivity (Wildman–Crippen MR) is 100 cm³/mol. The van der Waals surface area contributed by atoms with Crippen LogP contribution in [0.2, 0.25) is 0 Å². The number of piperidine rings is 1. The molecule has 0 aliphatic carbocycles. The SMILES string of the molecule is NCc1csc(NCc2ccc3c(c2)C(=O)N(C2CCC(=O)NC2=O)C3=O)n1. The summed E-state index contributed by atoms with van der Waals surface area (Å²) in [5, 5.41) is 7.92. The van der Waals surface area contributed by atoms with Crippen molar-refractivity contribution >= 4 is 40.1 Å². The average Bonchev–Trinajstić information content (AvgIpc) is 3.24. The minimum atomic E-state index is -0.961. The minimum absolute atomic E-state index is 0.0948. The van der Waals surface area contributed by atoms with Crippen molar-refractivity contribution in [3.05, 3.63) is 46.0 Å². The van der Waals surface area contributed by atoms with Crippen LogP contribution in [0.1, 0.15) is 44.8 Å². The Labute approximate surface area is 163 Å². The monoisotopic (exact) mass is 399 g/mol. The van der Waals surface area contributed by atoms with Crippen LogP contribution in [0.15, 0.2) is 23.6 Å². The molecule has 4 rings (SSSR count). The first-order valence-corrected chi connectivity index (χ1v) is 9.58. The Morgan fingerprint density at radius 3 is 2.71 bits per heavy atom. The molecular weight excluding hydrogens is 382 g/mol. The molecule has 0 spiro atoms. The van der Waals surface area contributed by atoms with Gasteiger partial charge in [-0.05, 0) is 24.1 Å². The summed E-state index contributed by atoms with van der Waals surface area (Å²) in [5.74, 6) is -2.05. The van der Waals surface area contributed by atoms with Crippen LogP contribution in [-0.2, 0) is 22.7 Å². The Morgan fingerprint density at radius 2 is 2.00 bits per heavy atom. The summed E-state index contributed by atoms with van der Waals surface area (Å²) in [4.78, 5) is 54.1. The van der Waals surface area contributed by atoms with Crippen LogP contribution in [0.5, 0.6) is 0 Å². The smallest absolute Gasteiger partial charge is 0.262 e. The van der Waals surface area contributed by atoms with Crippen molar-refractivity contribution in [3.8, 4) is 0 Å². The zero-order chi connectivity index (χ0) is 19.8. The number of amides is 4. The summed E-state index contributed by atoms with van der Waals surface area (Å²) in [5.41, 5.74) is 7.66. The molecule has 1 atom stereocenters. The highest BCUT2D eigenvalue weighted by atomic mass is 32.1. The molecule has 28 heavy (non-hydrogen) atoms. The maximum Gasteiger partial charge on any atom is 0.262 e. The fraction of sp³-hybridized carbons (Fsp3) is 0.278. The second kappa shape index (κ2) is 7.13. The first-order chi connectivity index (χ1) is 13.5. The second-order valence-electron chi connectivity index (χ2n) is 6.53. The van der Waals surface area contributed by atoms with Gasteiger partial charge in [0.1, 0.15) is 6.04 Å². The van der Waals surface area contributed by atoms with E-state index in [2.05, 4.69) is 15.6 Å². The summed E-state index contributed by atoms with van der Waals surface area (Å²) in [6, 6.07) is 4.02. The van der Waals surface area contributed by atoms with Crippen LogP contribution >= 0.6 is 11.3 Å². The number of carbonyl (C=O) groups is 4. The summed E-state index contributed by atoms with van der Waals surface area (Å²) in [7, 11) is 0. The van der Waals surface area contributed by atoms with E-state index in [0.717, 1.165) is 16.2 Å². The first-order valence-electron chi connectivity index (χ1n) is 8.71. The number of hydrogen-bond donors (Lipinski definition) is 3. The molecular formula is C18H17N5O4S. The van der Waals surface area contributed by atoms with Gasteiger partial charge in [0.25, 0.3) is 11.8 Å². The molecule has 1 unspecified atom stereocenters. The van der Waals surface area contributed by atoms with E-state index < -0.39 is 29.7 Å². The number of hydrogen-bond acceptors (Lipinski definition) is 8. The van der Waals surface area contributed by atoms with Gasteiger partial charge in [0.05, 0.1) is 16.8 Å². The van der Waals surface area contributed by atoms with Gasteiger partial charge >= 0.3 is 0 Å². The number of rotatable bonds is 5. The Kier molecular flexibility index (Phi) is 4.65. The lowest BCUT2D eigenvalue weighted by atomic mass is 10.0. The number of nitrogens with two attached hydrogens (primary N) is 1. The van der Waals surface area contributed by atoms with Crippen LogP contribution < -0.4 is 16.4 Å². The summed E-state index contributed by atoms with van der Waals surface area (Å²) in [6.07, 6.45) is 0.232. The number of imide groups is 2. The first kappa shape index (κ1) is 18.3. The molecule has 9 nitrogen and oxygen atoms in total. The van der Waals surface area contributed by atoms with Crippen molar-refractivity contribution in [3.63, 3.8) is 0 Å². The molecule has 1 saturated heterocycles. The summed E-state index contributed by atoms with van der Waals surface area (Å²) in [6.45, 7) is 0.786. The van der Waals surface area contributed by atoms with Crippen LogP contribution in [-0.4, -0.2) is 39.6 Å². The van der Waals surface area contributed by atoms with Crippen LogP contribution in [0.4, 0.5) is 5.13 Å². The molecule has 0 radical (unpaired) electrons. The average molecular weight is 399 g/mol. The van der Waals surface area contributed by atoms with E-state index >= 15 is 0 Å². The molecule has 4 amide bonds. The third-order valence-electron chi connectivity index (χ3n) is 4.71. The fourth-order valence-electron chi connectivity index (χ4n) is 3.29. The van der Waals surface area contributed by atoms with Gasteiger partial charge in [0.15, 0.2) is 5.13 Å². The Hall–Kier alpha value is -3.11. The third kappa shape index (κ3) is 3.16. The minimum Gasteiger partial charge on any atom is -0.357 e. The van der Waals surface area contributed by atoms with Gasteiger partial charge in [-0.2, -0.15) is 0 Å². The van der Waals surface area contributed by atoms with Crippen LogP contribution in [0.25, 0.3) is 0 Å². The van der Waals surface area contributed by atoms with Crippen molar-refractivity contribution in [1.82, 2.24) is 15.2 Å². The van der Waals surface area contributed by atoms with Gasteiger partial charge in [0, 0.05) is 24.9 Å². The van der Waals surface area contributed by atoms with Crippen LogP contribution in [0, 0.1) is 0 Å². The third-order valence-corrected chi connectivity index (χ3v) is 5.56. The zero-order valence-electron chi connectivity index (χ0n) is 14.7. The lowest BCUT2D eigenvalue weighted by molar-refractivity contribution is -0.136. The van der Waals surface area contributed by atoms with Crippen molar-refractivity contribution in [2.24, 2.45) is 5.73 Å². The summed E-state index contributed by atoms with van der Waals surface area (Å²) >= 11 is 1.44. The highest BCUT2D eigenvalue weighted by Gasteiger charge is 2.44.